The second-order valence-electron chi connectivity index (χ2n) is 4.75. The molecule has 1 aliphatic rings. The molecule has 2 aromatic rings. The first-order chi connectivity index (χ1) is 9.19. The highest BCUT2D eigenvalue weighted by molar-refractivity contribution is 6.08. The molecule has 1 aromatic carbocycles. The van der Waals surface area contributed by atoms with E-state index in [0.29, 0.717) is 17.9 Å². The summed E-state index contributed by atoms with van der Waals surface area (Å²) in [4.78, 5) is 12.5. The van der Waals surface area contributed by atoms with Crippen molar-refractivity contribution in [3.63, 3.8) is 0 Å². The van der Waals surface area contributed by atoms with Crippen molar-refractivity contribution in [1.29, 1.82) is 0 Å². The van der Waals surface area contributed by atoms with Crippen LogP contribution in [0.4, 0.5) is 0 Å². The van der Waals surface area contributed by atoms with Gasteiger partial charge in [0, 0.05) is 19.0 Å². The van der Waals surface area contributed by atoms with Crippen molar-refractivity contribution in [3.8, 4) is 5.75 Å². The van der Waals surface area contributed by atoms with Gasteiger partial charge in [-0.15, -0.1) is 0 Å². The van der Waals surface area contributed by atoms with Gasteiger partial charge in [-0.25, -0.2) is 0 Å². The number of carbonyl (C=O) groups excluding carboxylic acids is 1. The Labute approximate surface area is 112 Å². The lowest BCUT2D eigenvalue weighted by molar-refractivity contribution is 0.103. The summed E-state index contributed by atoms with van der Waals surface area (Å²) in [6.45, 7) is 2.74. The fourth-order valence-electron chi connectivity index (χ4n) is 2.39. The molecule has 3 rings (SSSR count). The zero-order valence-corrected chi connectivity index (χ0v) is 11.1. The van der Waals surface area contributed by atoms with Gasteiger partial charge in [0.05, 0.1) is 12.3 Å². The molecule has 0 atom stereocenters. The van der Waals surface area contributed by atoms with Gasteiger partial charge in [-0.05, 0) is 36.2 Å². The van der Waals surface area contributed by atoms with Crippen LogP contribution in [0.25, 0.3) is 0 Å². The van der Waals surface area contributed by atoms with Crippen LogP contribution < -0.4 is 4.74 Å². The summed E-state index contributed by atoms with van der Waals surface area (Å²) in [5.41, 5.74) is 3.39. The Hall–Kier alpha value is -2.10. The van der Waals surface area contributed by atoms with E-state index in [0.717, 1.165) is 29.8 Å². The number of fused-ring (bicyclic) bond motifs is 1. The number of hydrogen-bond donors (Lipinski definition) is 0. The molecule has 0 saturated carbocycles. The molecule has 4 nitrogen and oxygen atoms in total. The molecule has 0 N–H and O–H groups in total. The zero-order chi connectivity index (χ0) is 13.4. The monoisotopic (exact) mass is 256 g/mol. The number of benzene rings is 1. The number of hydrogen-bond acceptors (Lipinski definition) is 3. The van der Waals surface area contributed by atoms with Gasteiger partial charge in [-0.2, -0.15) is 5.10 Å². The Balaban J connectivity index is 1.97. The van der Waals surface area contributed by atoms with E-state index < -0.39 is 0 Å². The smallest absolute Gasteiger partial charge is 0.211 e. The van der Waals surface area contributed by atoms with Crippen LogP contribution in [0.3, 0.4) is 0 Å². The number of rotatable bonds is 3. The van der Waals surface area contributed by atoms with Gasteiger partial charge in [-0.1, -0.05) is 6.92 Å². The second-order valence-corrected chi connectivity index (χ2v) is 4.75. The lowest BCUT2D eigenvalue weighted by Gasteiger charge is -2.03. The summed E-state index contributed by atoms with van der Waals surface area (Å²) >= 11 is 0. The first-order valence-electron chi connectivity index (χ1n) is 6.52. The normalized spacial score (nSPS) is 13.2. The number of aryl methyl sites for hydroxylation is 2. The molecule has 98 valence electrons. The van der Waals surface area contributed by atoms with Crippen molar-refractivity contribution in [1.82, 2.24) is 9.78 Å². The maximum atomic E-state index is 12.5. The molecule has 0 spiro atoms. The highest BCUT2D eigenvalue weighted by Crippen LogP contribution is 2.26. The maximum absolute atomic E-state index is 12.5. The number of carbonyl (C=O) groups is 1. The molecule has 1 aromatic heterocycles. The van der Waals surface area contributed by atoms with Crippen LogP contribution in [0.15, 0.2) is 24.3 Å². The molecule has 1 aliphatic heterocycles. The van der Waals surface area contributed by atoms with E-state index in [-0.39, 0.29) is 5.78 Å². The number of ether oxygens (including phenoxy) is 1. The van der Waals surface area contributed by atoms with Crippen molar-refractivity contribution >= 4 is 5.78 Å². The first kappa shape index (κ1) is 12.0. The highest BCUT2D eigenvalue weighted by atomic mass is 16.5. The summed E-state index contributed by atoms with van der Waals surface area (Å²) < 4.78 is 7.11. The van der Waals surface area contributed by atoms with Gasteiger partial charge in [0.2, 0.25) is 5.78 Å². The van der Waals surface area contributed by atoms with Crippen LogP contribution in [-0.2, 0) is 19.9 Å². The molecule has 4 heteroatoms. The van der Waals surface area contributed by atoms with Gasteiger partial charge >= 0.3 is 0 Å². The van der Waals surface area contributed by atoms with E-state index >= 15 is 0 Å². The van der Waals surface area contributed by atoms with E-state index in [9.17, 15) is 4.79 Å². The summed E-state index contributed by atoms with van der Waals surface area (Å²) in [7, 11) is 1.81. The highest BCUT2D eigenvalue weighted by Gasteiger charge is 2.18. The quantitative estimate of drug-likeness (QED) is 0.790. The minimum Gasteiger partial charge on any atom is -0.493 e. The first-order valence-corrected chi connectivity index (χ1v) is 6.52. The summed E-state index contributed by atoms with van der Waals surface area (Å²) in [5.74, 6) is 0.917. The van der Waals surface area contributed by atoms with E-state index in [1.807, 2.05) is 38.2 Å². The molecule has 0 aliphatic carbocycles. The van der Waals surface area contributed by atoms with E-state index in [1.54, 1.807) is 4.68 Å². The SMILES string of the molecule is CCc1cc(C(=O)c2ccc3c(c2)CCO3)n(C)n1. The van der Waals surface area contributed by atoms with Crippen LogP contribution in [0.1, 0.15) is 34.2 Å². The Morgan fingerprint density at radius 2 is 2.26 bits per heavy atom. The van der Waals surface area contributed by atoms with Crippen LogP contribution in [0.2, 0.25) is 0 Å². The molecule has 19 heavy (non-hydrogen) atoms. The molecule has 0 saturated heterocycles. The Kier molecular flexibility index (Phi) is 2.85. The van der Waals surface area contributed by atoms with Crippen molar-refractivity contribution in [3.05, 3.63) is 46.8 Å². The van der Waals surface area contributed by atoms with Crippen LogP contribution in [0.5, 0.6) is 5.75 Å². The largest absolute Gasteiger partial charge is 0.493 e. The molecule has 0 unspecified atom stereocenters. The average molecular weight is 256 g/mol. The second kappa shape index (κ2) is 4.53. The molecule has 0 fully saturated rings. The summed E-state index contributed by atoms with van der Waals surface area (Å²) in [5, 5.41) is 4.32. The van der Waals surface area contributed by atoms with E-state index in [2.05, 4.69) is 5.10 Å². The Morgan fingerprint density at radius 1 is 1.42 bits per heavy atom. The van der Waals surface area contributed by atoms with Gasteiger partial charge in [0.25, 0.3) is 0 Å². The number of aromatic nitrogens is 2. The Bertz CT molecular complexity index is 644. The van der Waals surface area contributed by atoms with Gasteiger partial charge < -0.3 is 4.74 Å². The molecule has 0 amide bonds. The minimum atomic E-state index is 0.0180. The Morgan fingerprint density at radius 3 is 3.00 bits per heavy atom. The third kappa shape index (κ3) is 2.03. The van der Waals surface area contributed by atoms with Crippen molar-refractivity contribution in [2.24, 2.45) is 7.05 Å². The fraction of sp³-hybridized carbons (Fsp3) is 0.333. The molecule has 0 radical (unpaired) electrons. The van der Waals surface area contributed by atoms with Crippen LogP contribution in [-0.4, -0.2) is 22.2 Å². The summed E-state index contributed by atoms with van der Waals surface area (Å²) in [6.07, 6.45) is 1.71. The van der Waals surface area contributed by atoms with Crippen molar-refractivity contribution in [2.75, 3.05) is 6.61 Å². The van der Waals surface area contributed by atoms with Crippen LogP contribution in [0, 0.1) is 0 Å². The standard InChI is InChI=1S/C15H16N2O2/c1-3-12-9-13(17(2)16-12)15(18)11-4-5-14-10(8-11)6-7-19-14/h4-5,8-9H,3,6-7H2,1-2H3. The lowest BCUT2D eigenvalue weighted by atomic mass is 10.0. The molecule has 0 bridgehead atoms. The third-order valence-electron chi connectivity index (χ3n) is 3.48. The minimum absolute atomic E-state index is 0.0180. The topological polar surface area (TPSA) is 44.1 Å². The van der Waals surface area contributed by atoms with Crippen LogP contribution >= 0.6 is 0 Å². The van der Waals surface area contributed by atoms with Gasteiger partial charge in [0.15, 0.2) is 0 Å². The molecular formula is C15H16N2O2. The molecular weight excluding hydrogens is 240 g/mol. The van der Waals surface area contributed by atoms with Crippen molar-refractivity contribution in [2.45, 2.75) is 19.8 Å². The van der Waals surface area contributed by atoms with Gasteiger partial charge in [-0.3, -0.25) is 9.48 Å². The maximum Gasteiger partial charge on any atom is 0.211 e. The fourth-order valence-corrected chi connectivity index (χ4v) is 2.39. The third-order valence-corrected chi connectivity index (χ3v) is 3.48. The van der Waals surface area contributed by atoms with Gasteiger partial charge in [0.1, 0.15) is 11.4 Å². The molecule has 2 heterocycles. The van der Waals surface area contributed by atoms with Crippen molar-refractivity contribution < 1.29 is 9.53 Å². The van der Waals surface area contributed by atoms with E-state index in [1.165, 1.54) is 0 Å². The predicted octanol–water partition coefficient (Wildman–Crippen LogP) is 2.15. The van der Waals surface area contributed by atoms with E-state index in [4.69, 9.17) is 4.74 Å². The average Bonchev–Trinajstić information content (AvgIpc) is 3.02. The number of nitrogens with zero attached hydrogens (tertiary/aromatic N) is 2. The lowest BCUT2D eigenvalue weighted by Crippen LogP contribution is -2.08. The zero-order valence-electron chi connectivity index (χ0n) is 11.1. The summed E-state index contributed by atoms with van der Waals surface area (Å²) in [6, 6.07) is 7.51. The number of ketones is 1. The predicted molar refractivity (Wildman–Crippen MR) is 71.7 cm³/mol.